The van der Waals surface area contributed by atoms with Crippen LogP contribution >= 0.6 is 23.1 Å². The molecule has 2 heterocycles. The number of benzene rings is 2. The zero-order valence-corrected chi connectivity index (χ0v) is 19.2. The van der Waals surface area contributed by atoms with E-state index in [0.29, 0.717) is 22.5 Å². The lowest BCUT2D eigenvalue weighted by molar-refractivity contribution is 0.103. The van der Waals surface area contributed by atoms with Crippen molar-refractivity contribution in [2.24, 2.45) is 0 Å². The highest BCUT2D eigenvalue weighted by Gasteiger charge is 2.21. The molecule has 0 aliphatic rings. The average Bonchev–Trinajstić information content (AvgIpc) is 3.39. The van der Waals surface area contributed by atoms with Gasteiger partial charge in [0.1, 0.15) is 0 Å². The van der Waals surface area contributed by atoms with Crippen LogP contribution in [-0.2, 0) is 0 Å². The third-order valence-electron chi connectivity index (χ3n) is 4.56. The summed E-state index contributed by atoms with van der Waals surface area (Å²) in [5.41, 5.74) is 1.80. The van der Waals surface area contributed by atoms with Gasteiger partial charge in [0.2, 0.25) is 11.8 Å². The fourth-order valence-corrected chi connectivity index (χ4v) is 4.69. The lowest BCUT2D eigenvalue weighted by Gasteiger charge is -2.17. The molecule has 0 saturated heterocycles. The third-order valence-corrected chi connectivity index (χ3v) is 6.69. The van der Waals surface area contributed by atoms with Crippen LogP contribution in [0.25, 0.3) is 0 Å². The Balaban J connectivity index is 1.59. The number of rotatable bonds is 8. The van der Waals surface area contributed by atoms with Crippen molar-refractivity contribution >= 4 is 34.7 Å². The molecule has 4 aromatic rings. The fraction of sp³-hybridized carbons (Fsp3) is 0.125. The largest absolute Gasteiger partial charge is 0.481 e. The molecule has 0 fully saturated rings. The van der Waals surface area contributed by atoms with E-state index >= 15 is 0 Å². The first-order valence-corrected chi connectivity index (χ1v) is 11.6. The summed E-state index contributed by atoms with van der Waals surface area (Å²) in [6.07, 6.45) is 0. The molecule has 0 aliphatic carbocycles. The molecule has 0 aliphatic heterocycles. The van der Waals surface area contributed by atoms with E-state index in [-0.39, 0.29) is 11.2 Å². The van der Waals surface area contributed by atoms with E-state index < -0.39 is 0 Å². The van der Waals surface area contributed by atoms with Crippen LogP contribution in [0.15, 0.2) is 83.1 Å². The number of thiophene rings is 1. The van der Waals surface area contributed by atoms with Gasteiger partial charge in [0.25, 0.3) is 5.91 Å². The van der Waals surface area contributed by atoms with Gasteiger partial charge in [-0.05, 0) is 41.3 Å². The number of hydrogen-bond acceptors (Lipinski definition) is 7. The average molecular weight is 464 g/mol. The number of nitrogens with one attached hydrogen (secondary N) is 1. The Morgan fingerprint density at radius 1 is 0.938 bits per heavy atom. The minimum atomic E-state index is -0.174. The highest BCUT2D eigenvalue weighted by atomic mass is 32.2. The van der Waals surface area contributed by atoms with E-state index in [1.165, 1.54) is 11.3 Å². The molecule has 1 N–H and O–H groups in total. The van der Waals surface area contributed by atoms with Gasteiger partial charge in [-0.1, -0.05) is 36.4 Å². The Labute approximate surface area is 194 Å². The van der Waals surface area contributed by atoms with Crippen molar-refractivity contribution in [3.63, 3.8) is 0 Å². The van der Waals surface area contributed by atoms with Crippen LogP contribution in [0, 0.1) is 0 Å². The quantitative estimate of drug-likeness (QED) is 0.339. The fourth-order valence-electron chi connectivity index (χ4n) is 3.00. The van der Waals surface area contributed by atoms with E-state index in [4.69, 9.17) is 9.47 Å². The van der Waals surface area contributed by atoms with Crippen LogP contribution in [-0.4, -0.2) is 30.1 Å². The number of anilines is 1. The highest BCUT2D eigenvalue weighted by Crippen LogP contribution is 2.40. The number of aromatic nitrogens is 2. The van der Waals surface area contributed by atoms with Crippen LogP contribution in [0.1, 0.15) is 26.3 Å². The summed E-state index contributed by atoms with van der Waals surface area (Å²) in [6.45, 7) is 0. The van der Waals surface area contributed by atoms with Crippen LogP contribution in [0.3, 0.4) is 0 Å². The monoisotopic (exact) mass is 463 g/mol. The number of ether oxygens (including phenoxy) is 2. The van der Waals surface area contributed by atoms with Gasteiger partial charge >= 0.3 is 0 Å². The van der Waals surface area contributed by atoms with Crippen molar-refractivity contribution in [3.05, 3.63) is 94.4 Å². The van der Waals surface area contributed by atoms with Crippen molar-refractivity contribution in [1.29, 1.82) is 0 Å². The third kappa shape index (κ3) is 5.27. The molecule has 1 atom stereocenters. The summed E-state index contributed by atoms with van der Waals surface area (Å²) in [5.74, 6) is 1.37. The van der Waals surface area contributed by atoms with Crippen molar-refractivity contribution in [2.45, 2.75) is 10.1 Å². The molecule has 2 aromatic carbocycles. The van der Waals surface area contributed by atoms with E-state index in [9.17, 15) is 4.79 Å². The highest BCUT2D eigenvalue weighted by molar-refractivity contribution is 7.99. The minimum absolute atomic E-state index is 0.112. The number of thioether (sulfide) groups is 1. The molecule has 6 nitrogen and oxygen atoms in total. The number of nitrogens with zero attached hydrogens (tertiary/aromatic N) is 2. The molecule has 0 spiro atoms. The van der Waals surface area contributed by atoms with Gasteiger partial charge in [0, 0.05) is 10.6 Å². The summed E-state index contributed by atoms with van der Waals surface area (Å²) < 4.78 is 10.7. The molecule has 32 heavy (non-hydrogen) atoms. The molecule has 1 amide bonds. The lowest BCUT2D eigenvalue weighted by Crippen LogP contribution is -2.09. The molecule has 1 unspecified atom stereocenters. The molecule has 4 rings (SSSR count). The second-order valence-electron chi connectivity index (χ2n) is 6.68. The van der Waals surface area contributed by atoms with Gasteiger partial charge in [-0.2, -0.15) is 9.97 Å². The maximum absolute atomic E-state index is 12.3. The van der Waals surface area contributed by atoms with Crippen LogP contribution in [0.2, 0.25) is 0 Å². The lowest BCUT2D eigenvalue weighted by atomic mass is 10.1. The standard InChI is InChI=1S/C24H21N3O3S2/c1-29-20-15-21(30-2)27-23(26-20)22(16-7-4-3-5-8-16)32-18-12-10-17(11-13-18)25-24(28)19-9-6-14-31-19/h3-15,22H,1-2H3,(H,25,28). The van der Waals surface area contributed by atoms with Crippen LogP contribution in [0.5, 0.6) is 11.8 Å². The van der Waals surface area contributed by atoms with Crippen LogP contribution < -0.4 is 14.8 Å². The zero-order valence-electron chi connectivity index (χ0n) is 17.5. The maximum Gasteiger partial charge on any atom is 0.265 e. The van der Waals surface area contributed by atoms with Gasteiger partial charge in [-0.3, -0.25) is 4.79 Å². The normalized spacial score (nSPS) is 11.6. The van der Waals surface area contributed by atoms with Gasteiger partial charge in [0.05, 0.1) is 30.4 Å². The molecule has 162 valence electrons. The van der Waals surface area contributed by atoms with E-state index in [2.05, 4.69) is 15.3 Å². The SMILES string of the molecule is COc1cc(OC)nc(C(Sc2ccc(NC(=O)c3cccs3)cc2)c2ccccc2)n1. The summed E-state index contributed by atoms with van der Waals surface area (Å²) in [7, 11) is 3.14. The topological polar surface area (TPSA) is 73.3 Å². The second kappa shape index (κ2) is 10.3. The summed E-state index contributed by atoms with van der Waals surface area (Å²) in [4.78, 5) is 23.1. The zero-order chi connectivity index (χ0) is 22.3. The number of methoxy groups -OCH3 is 2. The predicted molar refractivity (Wildman–Crippen MR) is 128 cm³/mol. The summed E-state index contributed by atoms with van der Waals surface area (Å²) >= 11 is 3.02. The van der Waals surface area contributed by atoms with Crippen molar-refractivity contribution < 1.29 is 14.3 Å². The van der Waals surface area contributed by atoms with Gasteiger partial charge < -0.3 is 14.8 Å². The molecule has 0 saturated carbocycles. The molecular weight excluding hydrogens is 442 g/mol. The van der Waals surface area contributed by atoms with Crippen molar-refractivity contribution in [2.75, 3.05) is 19.5 Å². The first kappa shape index (κ1) is 21.9. The predicted octanol–water partition coefficient (Wildman–Crippen LogP) is 5.69. The molecular formula is C24H21N3O3S2. The first-order valence-electron chi connectivity index (χ1n) is 9.80. The van der Waals surface area contributed by atoms with E-state index in [1.807, 2.05) is 66.0 Å². The van der Waals surface area contributed by atoms with Crippen molar-refractivity contribution in [1.82, 2.24) is 9.97 Å². The Morgan fingerprint density at radius 3 is 2.22 bits per heavy atom. The van der Waals surface area contributed by atoms with Gasteiger partial charge in [0.15, 0.2) is 5.82 Å². The maximum atomic E-state index is 12.3. The van der Waals surface area contributed by atoms with Gasteiger partial charge in [-0.25, -0.2) is 0 Å². The Bertz CT molecular complexity index is 1140. The minimum Gasteiger partial charge on any atom is -0.481 e. The first-order chi connectivity index (χ1) is 15.7. The number of carbonyl (C=O) groups is 1. The summed E-state index contributed by atoms with van der Waals surface area (Å²) in [5, 5.41) is 4.63. The van der Waals surface area contributed by atoms with Gasteiger partial charge in [-0.15, -0.1) is 23.1 Å². The Kier molecular flexibility index (Phi) is 7.03. The Hall–Kier alpha value is -3.36. The smallest absolute Gasteiger partial charge is 0.265 e. The molecule has 2 aromatic heterocycles. The molecule has 8 heteroatoms. The number of hydrogen-bond donors (Lipinski definition) is 1. The molecule has 0 bridgehead atoms. The number of amides is 1. The second-order valence-corrected chi connectivity index (χ2v) is 8.80. The van der Waals surface area contributed by atoms with E-state index in [1.54, 1.807) is 38.1 Å². The van der Waals surface area contributed by atoms with E-state index in [0.717, 1.165) is 16.1 Å². The Morgan fingerprint density at radius 2 is 1.62 bits per heavy atom. The molecule has 0 radical (unpaired) electrons. The summed E-state index contributed by atoms with van der Waals surface area (Å²) in [6, 6.07) is 23.1. The van der Waals surface area contributed by atoms with Crippen LogP contribution in [0.4, 0.5) is 5.69 Å². The van der Waals surface area contributed by atoms with Crippen molar-refractivity contribution in [3.8, 4) is 11.8 Å². The number of carbonyl (C=O) groups excluding carboxylic acids is 1.